The van der Waals surface area contributed by atoms with Crippen LogP contribution in [-0.2, 0) is 23.9 Å². The number of hydrogen-bond donors (Lipinski definition) is 0. The van der Waals surface area contributed by atoms with E-state index in [2.05, 4.69) is 13.8 Å². The van der Waals surface area contributed by atoms with Crippen molar-refractivity contribution < 1.29 is 23.9 Å². The van der Waals surface area contributed by atoms with Gasteiger partial charge >= 0.3 is 11.9 Å². The van der Waals surface area contributed by atoms with Gasteiger partial charge in [-0.1, -0.05) is 20.8 Å². The van der Waals surface area contributed by atoms with Gasteiger partial charge in [-0.25, -0.2) is 0 Å². The molecule has 4 saturated carbocycles. The minimum atomic E-state index is -0.187. The Hall–Kier alpha value is -1.39. The Morgan fingerprint density at radius 2 is 1.85 bits per heavy atom. The molecule has 1 saturated heterocycles. The van der Waals surface area contributed by atoms with E-state index < -0.39 is 0 Å². The number of carbonyl (C=O) groups excluding carboxylic acids is 3. The second-order valence-corrected chi connectivity index (χ2v) is 12.9. The van der Waals surface area contributed by atoms with Crippen molar-refractivity contribution >= 4 is 17.7 Å². The fourth-order valence-electron chi connectivity index (χ4n) is 9.69. The Balaban J connectivity index is 1.41. The highest BCUT2D eigenvalue weighted by Gasteiger charge is 2.63. The number of carbonyl (C=O) groups is 3. The second-order valence-electron chi connectivity index (χ2n) is 12.9. The first-order chi connectivity index (χ1) is 16.2. The van der Waals surface area contributed by atoms with Crippen LogP contribution < -0.4 is 0 Å². The van der Waals surface area contributed by atoms with Crippen LogP contribution in [0.25, 0.3) is 0 Å². The molecule has 190 valence electrons. The molecule has 5 aliphatic rings. The number of hydrogen-bond acceptors (Lipinski definition) is 5. The van der Waals surface area contributed by atoms with Gasteiger partial charge in [0.15, 0.2) is 0 Å². The van der Waals surface area contributed by atoms with Crippen molar-refractivity contribution in [1.82, 2.24) is 0 Å². The number of fused-ring (bicyclic) bond motifs is 5. The normalized spacial score (nSPS) is 47.1. The maximum Gasteiger partial charge on any atom is 0.308 e. The number of cyclic esters (lactones) is 1. The summed E-state index contributed by atoms with van der Waals surface area (Å²) in [6.07, 6.45) is 11.4. The Labute approximate surface area is 205 Å². The standard InChI is InChI=1S/C29H44O5/c1-17-5-10-26(34-27(17)32)18(2)23-8-9-25-22-7-6-20-15-21(31)11-13-28(20,4)24(22)12-14-29(23,25)16-33-19(3)30/h17-18,20,22-26H,5-16H2,1-4H3. The average Bonchev–Trinajstić information content (AvgIpc) is 3.19. The van der Waals surface area contributed by atoms with Gasteiger partial charge < -0.3 is 9.47 Å². The summed E-state index contributed by atoms with van der Waals surface area (Å²) in [4.78, 5) is 36.6. The predicted octanol–water partition coefficient (Wildman–Crippen LogP) is 5.74. The van der Waals surface area contributed by atoms with Crippen molar-refractivity contribution in [2.45, 2.75) is 104 Å². The third kappa shape index (κ3) is 3.84. The molecule has 1 aliphatic heterocycles. The Morgan fingerprint density at radius 3 is 2.59 bits per heavy atom. The third-order valence-electron chi connectivity index (χ3n) is 11.6. The van der Waals surface area contributed by atoms with E-state index >= 15 is 0 Å². The van der Waals surface area contributed by atoms with Crippen molar-refractivity contribution in [2.24, 2.45) is 52.3 Å². The molecular formula is C29H44O5. The van der Waals surface area contributed by atoms with E-state index in [1.807, 2.05) is 6.92 Å². The summed E-state index contributed by atoms with van der Waals surface area (Å²) in [6, 6.07) is 0. The van der Waals surface area contributed by atoms with Gasteiger partial charge in [0.25, 0.3) is 0 Å². The molecule has 0 amide bonds. The van der Waals surface area contributed by atoms with E-state index in [1.54, 1.807) is 0 Å². The zero-order valence-electron chi connectivity index (χ0n) is 21.6. The zero-order valence-corrected chi connectivity index (χ0v) is 21.6. The van der Waals surface area contributed by atoms with Crippen LogP contribution in [0.1, 0.15) is 98.3 Å². The average molecular weight is 473 g/mol. The van der Waals surface area contributed by atoms with Gasteiger partial charge in [-0.15, -0.1) is 0 Å². The van der Waals surface area contributed by atoms with E-state index in [0.29, 0.717) is 42.0 Å². The summed E-state index contributed by atoms with van der Waals surface area (Å²) in [6.45, 7) is 8.78. The molecule has 10 atom stereocenters. The smallest absolute Gasteiger partial charge is 0.308 e. The summed E-state index contributed by atoms with van der Waals surface area (Å²) in [5.74, 6) is 3.39. The van der Waals surface area contributed by atoms with Gasteiger partial charge in [-0.3, -0.25) is 14.4 Å². The van der Waals surface area contributed by atoms with Gasteiger partial charge in [-0.2, -0.15) is 0 Å². The van der Waals surface area contributed by atoms with Gasteiger partial charge in [0.05, 0.1) is 12.5 Å². The summed E-state index contributed by atoms with van der Waals surface area (Å²) in [7, 11) is 0. The van der Waals surface area contributed by atoms with Gasteiger partial charge in [0, 0.05) is 25.2 Å². The lowest BCUT2D eigenvalue weighted by Gasteiger charge is -2.61. The molecule has 0 N–H and O–H groups in total. The summed E-state index contributed by atoms with van der Waals surface area (Å²) < 4.78 is 11.8. The zero-order chi connectivity index (χ0) is 24.3. The molecule has 5 rings (SSSR count). The molecule has 0 spiro atoms. The van der Waals surface area contributed by atoms with Crippen LogP contribution in [0.3, 0.4) is 0 Å². The number of rotatable bonds is 4. The van der Waals surface area contributed by atoms with Crippen molar-refractivity contribution in [3.05, 3.63) is 0 Å². The fraction of sp³-hybridized carbons (Fsp3) is 0.897. The Kier molecular flexibility index (Phi) is 6.38. The number of esters is 2. The lowest BCUT2D eigenvalue weighted by atomic mass is 9.44. The van der Waals surface area contributed by atoms with Crippen LogP contribution in [0.5, 0.6) is 0 Å². The largest absolute Gasteiger partial charge is 0.465 e. The molecule has 5 heteroatoms. The molecule has 5 fully saturated rings. The lowest BCUT2D eigenvalue weighted by molar-refractivity contribution is -0.173. The number of Topliss-reactive ketones (excluding diaryl/α,β-unsaturated/α-hetero) is 1. The van der Waals surface area contributed by atoms with E-state index in [0.717, 1.165) is 44.9 Å². The summed E-state index contributed by atoms with van der Waals surface area (Å²) in [5.41, 5.74) is 0.276. The van der Waals surface area contributed by atoms with Crippen LogP contribution in [0.4, 0.5) is 0 Å². The highest BCUT2D eigenvalue weighted by molar-refractivity contribution is 5.79. The van der Waals surface area contributed by atoms with Gasteiger partial charge in [0.2, 0.25) is 0 Å². The molecule has 5 nitrogen and oxygen atoms in total. The Morgan fingerprint density at radius 1 is 1.06 bits per heavy atom. The summed E-state index contributed by atoms with van der Waals surface area (Å²) in [5, 5.41) is 0. The minimum Gasteiger partial charge on any atom is -0.465 e. The highest BCUT2D eigenvalue weighted by Crippen LogP contribution is 2.68. The number of ketones is 1. The van der Waals surface area contributed by atoms with Crippen molar-refractivity contribution in [3.8, 4) is 0 Å². The molecule has 0 bridgehead atoms. The van der Waals surface area contributed by atoms with E-state index in [4.69, 9.17) is 9.47 Å². The highest BCUT2D eigenvalue weighted by atomic mass is 16.5. The third-order valence-corrected chi connectivity index (χ3v) is 11.6. The van der Waals surface area contributed by atoms with Gasteiger partial charge in [-0.05, 0) is 98.7 Å². The molecule has 0 aromatic rings. The summed E-state index contributed by atoms with van der Waals surface area (Å²) >= 11 is 0. The van der Waals surface area contributed by atoms with Crippen LogP contribution in [0.2, 0.25) is 0 Å². The molecule has 1 heterocycles. The van der Waals surface area contributed by atoms with E-state index in [-0.39, 0.29) is 40.7 Å². The maximum absolute atomic E-state index is 12.4. The molecule has 0 aromatic heterocycles. The first kappa shape index (κ1) is 24.3. The molecular weight excluding hydrogens is 428 g/mol. The molecule has 10 unspecified atom stereocenters. The monoisotopic (exact) mass is 472 g/mol. The quantitative estimate of drug-likeness (QED) is 0.488. The fourth-order valence-corrected chi connectivity index (χ4v) is 9.69. The molecule has 0 aromatic carbocycles. The van der Waals surface area contributed by atoms with Gasteiger partial charge in [0.1, 0.15) is 11.9 Å². The molecule has 34 heavy (non-hydrogen) atoms. The van der Waals surface area contributed by atoms with Crippen LogP contribution in [0.15, 0.2) is 0 Å². The van der Waals surface area contributed by atoms with E-state index in [1.165, 1.54) is 32.6 Å². The van der Waals surface area contributed by atoms with Crippen LogP contribution >= 0.6 is 0 Å². The molecule has 0 radical (unpaired) electrons. The first-order valence-electron chi connectivity index (χ1n) is 14.0. The first-order valence-corrected chi connectivity index (χ1v) is 14.0. The van der Waals surface area contributed by atoms with Crippen molar-refractivity contribution in [2.75, 3.05) is 6.61 Å². The van der Waals surface area contributed by atoms with Crippen molar-refractivity contribution in [1.29, 1.82) is 0 Å². The Bertz CT molecular complexity index is 836. The van der Waals surface area contributed by atoms with Crippen LogP contribution in [-0.4, -0.2) is 30.4 Å². The predicted molar refractivity (Wildman–Crippen MR) is 129 cm³/mol. The molecule has 4 aliphatic carbocycles. The van der Waals surface area contributed by atoms with Crippen molar-refractivity contribution in [3.63, 3.8) is 0 Å². The lowest BCUT2D eigenvalue weighted by Crippen LogP contribution is -2.56. The second kappa shape index (κ2) is 8.92. The maximum atomic E-state index is 12.4. The minimum absolute atomic E-state index is 0.00326. The van der Waals surface area contributed by atoms with E-state index in [9.17, 15) is 14.4 Å². The SMILES string of the molecule is CC(=O)OCC12CCC3C(CCC4CC(=O)CCC43C)C1CCC2C(C)C1CCC(C)C(=O)O1. The van der Waals surface area contributed by atoms with Crippen LogP contribution in [0, 0.1) is 52.3 Å². The topological polar surface area (TPSA) is 69.7 Å². The number of ether oxygens (including phenoxy) is 2.